The van der Waals surface area contributed by atoms with Crippen molar-refractivity contribution in [2.24, 2.45) is 0 Å². The minimum absolute atomic E-state index is 0.0100. The first-order valence-electron chi connectivity index (χ1n) is 7.70. The van der Waals surface area contributed by atoms with E-state index in [9.17, 15) is 13.2 Å². The van der Waals surface area contributed by atoms with Gasteiger partial charge >= 0.3 is 0 Å². The summed E-state index contributed by atoms with van der Waals surface area (Å²) in [6, 6.07) is 11.6. The molecule has 1 aliphatic rings. The summed E-state index contributed by atoms with van der Waals surface area (Å²) in [5.41, 5.74) is 1.17. The van der Waals surface area contributed by atoms with Gasteiger partial charge in [-0.25, -0.2) is 13.1 Å². The van der Waals surface area contributed by atoms with Crippen molar-refractivity contribution < 1.29 is 13.2 Å². The Balaban J connectivity index is 1.75. The van der Waals surface area contributed by atoms with E-state index >= 15 is 0 Å². The summed E-state index contributed by atoms with van der Waals surface area (Å²) in [7, 11) is -3.61. The van der Waals surface area contributed by atoms with Crippen molar-refractivity contribution in [3.05, 3.63) is 63.1 Å². The molecule has 2 N–H and O–H groups in total. The first-order chi connectivity index (χ1) is 11.8. The quantitative estimate of drug-likeness (QED) is 0.718. The molecule has 0 unspecified atom stereocenters. The summed E-state index contributed by atoms with van der Waals surface area (Å²) in [4.78, 5) is 12.5. The molecule has 25 heavy (non-hydrogen) atoms. The van der Waals surface area contributed by atoms with E-state index in [1.165, 1.54) is 12.1 Å². The van der Waals surface area contributed by atoms with Crippen molar-refractivity contribution in [3.63, 3.8) is 0 Å². The van der Waals surface area contributed by atoms with Crippen molar-refractivity contribution in [1.29, 1.82) is 0 Å². The third-order valence-electron chi connectivity index (χ3n) is 3.76. The molecule has 1 aliphatic carbocycles. The molecule has 132 valence electrons. The molecule has 0 spiro atoms. The van der Waals surface area contributed by atoms with E-state index in [1.54, 1.807) is 18.2 Å². The van der Waals surface area contributed by atoms with Gasteiger partial charge in [-0.15, -0.1) is 0 Å². The SMILES string of the molecule is O=C(NCc1ccc(Cl)cc1)c1cc(S(=O)(=O)NC2CC2)ccc1Br. The maximum Gasteiger partial charge on any atom is 0.252 e. The van der Waals surface area contributed by atoms with E-state index in [0.29, 0.717) is 16.0 Å². The number of rotatable bonds is 6. The number of nitrogens with one attached hydrogen (secondary N) is 2. The summed E-state index contributed by atoms with van der Waals surface area (Å²) in [6.45, 7) is 0.319. The first-order valence-corrected chi connectivity index (χ1v) is 10.3. The monoisotopic (exact) mass is 442 g/mol. The van der Waals surface area contributed by atoms with E-state index < -0.39 is 10.0 Å². The number of hydrogen-bond donors (Lipinski definition) is 2. The van der Waals surface area contributed by atoms with E-state index in [2.05, 4.69) is 26.0 Å². The molecule has 0 aliphatic heterocycles. The highest BCUT2D eigenvalue weighted by Gasteiger charge is 2.28. The molecule has 0 saturated heterocycles. The van der Waals surface area contributed by atoms with Gasteiger partial charge in [-0.3, -0.25) is 4.79 Å². The second-order valence-corrected chi connectivity index (χ2v) is 8.85. The molecule has 8 heteroatoms. The van der Waals surface area contributed by atoms with Crippen LogP contribution in [0.1, 0.15) is 28.8 Å². The van der Waals surface area contributed by atoms with Crippen LogP contribution in [0.2, 0.25) is 5.02 Å². The maximum atomic E-state index is 12.4. The molecule has 0 heterocycles. The van der Waals surface area contributed by atoms with Gasteiger partial charge in [0.05, 0.1) is 10.5 Å². The van der Waals surface area contributed by atoms with Gasteiger partial charge < -0.3 is 5.32 Å². The lowest BCUT2D eigenvalue weighted by Gasteiger charge is -2.10. The van der Waals surface area contributed by atoms with Crippen molar-refractivity contribution in [2.75, 3.05) is 0 Å². The predicted molar refractivity (Wildman–Crippen MR) is 100 cm³/mol. The van der Waals surface area contributed by atoms with Gasteiger partial charge in [-0.05, 0) is 64.7 Å². The zero-order chi connectivity index (χ0) is 18.0. The fourth-order valence-electron chi connectivity index (χ4n) is 2.21. The summed E-state index contributed by atoms with van der Waals surface area (Å²) < 4.78 is 27.8. The molecule has 0 bridgehead atoms. The Morgan fingerprint density at radius 1 is 1.16 bits per heavy atom. The Morgan fingerprint density at radius 3 is 2.48 bits per heavy atom. The van der Waals surface area contributed by atoms with Crippen molar-refractivity contribution in [2.45, 2.75) is 30.3 Å². The predicted octanol–water partition coefficient (Wildman–Crippen LogP) is 3.47. The molecule has 0 atom stereocenters. The van der Waals surface area contributed by atoms with Gasteiger partial charge in [0, 0.05) is 22.1 Å². The smallest absolute Gasteiger partial charge is 0.252 e. The molecule has 3 rings (SSSR count). The van der Waals surface area contributed by atoms with Crippen LogP contribution in [-0.2, 0) is 16.6 Å². The average molecular weight is 444 g/mol. The fourth-order valence-corrected chi connectivity index (χ4v) is 4.10. The summed E-state index contributed by atoms with van der Waals surface area (Å²) in [6.07, 6.45) is 1.70. The number of halogens is 2. The lowest BCUT2D eigenvalue weighted by molar-refractivity contribution is 0.0950. The summed E-state index contributed by atoms with van der Waals surface area (Å²) >= 11 is 9.14. The van der Waals surface area contributed by atoms with Gasteiger partial charge in [0.25, 0.3) is 5.91 Å². The van der Waals surface area contributed by atoms with Gasteiger partial charge in [0.1, 0.15) is 0 Å². The Kier molecular flexibility index (Phi) is 5.48. The summed E-state index contributed by atoms with van der Waals surface area (Å²) in [5.74, 6) is -0.356. The van der Waals surface area contributed by atoms with Crippen LogP contribution in [0, 0.1) is 0 Å². The number of carbonyl (C=O) groups is 1. The zero-order valence-corrected chi connectivity index (χ0v) is 16.3. The van der Waals surface area contributed by atoms with Crippen LogP contribution in [0.5, 0.6) is 0 Å². The number of benzene rings is 2. The summed E-state index contributed by atoms with van der Waals surface area (Å²) in [5, 5.41) is 3.40. The molecule has 0 radical (unpaired) electrons. The number of sulfonamides is 1. The van der Waals surface area contributed by atoms with Gasteiger partial charge in [0.2, 0.25) is 10.0 Å². The number of carbonyl (C=O) groups excluding carboxylic acids is 1. The third kappa shape index (κ3) is 4.82. The molecule has 2 aromatic carbocycles. The minimum atomic E-state index is -3.61. The molecule has 1 amide bonds. The Hall–Kier alpha value is -1.41. The highest BCUT2D eigenvalue weighted by molar-refractivity contribution is 9.10. The van der Waals surface area contributed by atoms with Gasteiger partial charge in [-0.1, -0.05) is 23.7 Å². The van der Waals surface area contributed by atoms with Crippen molar-refractivity contribution in [3.8, 4) is 0 Å². The fraction of sp³-hybridized carbons (Fsp3) is 0.235. The molecule has 2 aromatic rings. The maximum absolute atomic E-state index is 12.4. The second-order valence-electron chi connectivity index (χ2n) is 5.85. The number of amides is 1. The highest BCUT2D eigenvalue weighted by Crippen LogP contribution is 2.25. The average Bonchev–Trinajstić information content (AvgIpc) is 3.37. The molecular weight excluding hydrogens is 428 g/mol. The van der Waals surface area contributed by atoms with E-state index in [0.717, 1.165) is 18.4 Å². The Bertz CT molecular complexity index is 897. The van der Waals surface area contributed by atoms with E-state index in [4.69, 9.17) is 11.6 Å². The van der Waals surface area contributed by atoms with Crippen molar-refractivity contribution in [1.82, 2.24) is 10.0 Å². The number of hydrogen-bond acceptors (Lipinski definition) is 3. The molecule has 1 saturated carbocycles. The van der Waals surface area contributed by atoms with Crippen LogP contribution < -0.4 is 10.0 Å². The van der Waals surface area contributed by atoms with Crippen LogP contribution >= 0.6 is 27.5 Å². The van der Waals surface area contributed by atoms with Crippen LogP contribution in [-0.4, -0.2) is 20.4 Å². The molecular formula is C17H16BrClN2O3S. The van der Waals surface area contributed by atoms with E-state index in [-0.39, 0.29) is 22.4 Å². The zero-order valence-electron chi connectivity index (χ0n) is 13.1. The highest BCUT2D eigenvalue weighted by atomic mass is 79.9. The standard InChI is InChI=1S/C17H16BrClN2O3S/c18-16-8-7-14(25(23,24)21-13-5-6-13)9-15(16)17(22)20-10-11-1-3-12(19)4-2-11/h1-4,7-9,13,21H,5-6,10H2,(H,20,22). The topological polar surface area (TPSA) is 75.3 Å². The van der Waals surface area contributed by atoms with Gasteiger partial charge in [-0.2, -0.15) is 0 Å². The van der Waals surface area contributed by atoms with Crippen LogP contribution in [0.25, 0.3) is 0 Å². The lowest BCUT2D eigenvalue weighted by atomic mass is 10.2. The minimum Gasteiger partial charge on any atom is -0.348 e. The van der Waals surface area contributed by atoms with Crippen LogP contribution in [0.3, 0.4) is 0 Å². The van der Waals surface area contributed by atoms with Crippen LogP contribution in [0.4, 0.5) is 0 Å². The van der Waals surface area contributed by atoms with Crippen LogP contribution in [0.15, 0.2) is 51.8 Å². The first kappa shape index (κ1) is 18.4. The van der Waals surface area contributed by atoms with Crippen molar-refractivity contribution >= 4 is 43.5 Å². The third-order valence-corrected chi connectivity index (χ3v) is 6.22. The largest absolute Gasteiger partial charge is 0.348 e. The lowest BCUT2D eigenvalue weighted by Crippen LogP contribution is -2.27. The van der Waals surface area contributed by atoms with E-state index in [1.807, 2.05) is 12.1 Å². The van der Waals surface area contributed by atoms with Gasteiger partial charge in [0.15, 0.2) is 0 Å². The Morgan fingerprint density at radius 2 is 1.84 bits per heavy atom. The molecule has 5 nitrogen and oxygen atoms in total. The second kappa shape index (κ2) is 7.45. The normalized spacial score (nSPS) is 14.3. The molecule has 1 fully saturated rings. The Labute approximate surface area is 160 Å². The molecule has 0 aromatic heterocycles.